The van der Waals surface area contributed by atoms with Gasteiger partial charge in [-0.2, -0.15) is 4.31 Å². The monoisotopic (exact) mass is 520 g/mol. The van der Waals surface area contributed by atoms with E-state index in [-0.39, 0.29) is 29.1 Å². The maximum Gasteiger partial charge on any atom is 0.311 e. The summed E-state index contributed by atoms with van der Waals surface area (Å²) >= 11 is 0. The van der Waals surface area contributed by atoms with Gasteiger partial charge in [0.2, 0.25) is 15.9 Å². The van der Waals surface area contributed by atoms with Gasteiger partial charge in [0, 0.05) is 39.8 Å². The number of aromatic nitrogens is 2. The van der Waals surface area contributed by atoms with Gasteiger partial charge >= 0.3 is 11.8 Å². The minimum Gasteiger partial charge on any atom is -0.497 e. The summed E-state index contributed by atoms with van der Waals surface area (Å²) in [5, 5.41) is 11.2. The molecule has 2 fully saturated rings. The average molecular weight is 521 g/mol. The molecule has 0 spiro atoms. The molecule has 2 saturated heterocycles. The van der Waals surface area contributed by atoms with Crippen LogP contribution in [0.15, 0.2) is 21.4 Å². The topological polar surface area (TPSA) is 121 Å². The molecular weight excluding hydrogens is 484 g/mol. The molecule has 0 atom stereocenters. The first-order chi connectivity index (χ1) is 17.2. The molecule has 12 heteroatoms. The number of piperidine rings is 1. The van der Waals surface area contributed by atoms with E-state index in [0.29, 0.717) is 35.9 Å². The average Bonchev–Trinajstić information content (AvgIpc) is 3.32. The van der Waals surface area contributed by atoms with Crippen LogP contribution in [0.5, 0.6) is 5.75 Å². The highest BCUT2D eigenvalue weighted by molar-refractivity contribution is 7.89. The smallest absolute Gasteiger partial charge is 0.311 e. The number of nitrogens with zero attached hydrogens (tertiary/aromatic N) is 5. The number of hydrogen-bond acceptors (Lipinski definition) is 9. The van der Waals surface area contributed by atoms with E-state index in [2.05, 4.69) is 20.4 Å². The molecule has 0 aliphatic carbocycles. The number of benzene rings is 1. The van der Waals surface area contributed by atoms with Gasteiger partial charge in [-0.3, -0.25) is 9.69 Å². The predicted octanol–water partition coefficient (Wildman–Crippen LogP) is 1.27. The Morgan fingerprint density at radius 1 is 1.14 bits per heavy atom. The Bertz CT molecular complexity index is 1150. The number of carbonyl (C=O) groups excluding carboxylic acids is 1. The molecule has 1 aromatic carbocycles. The van der Waals surface area contributed by atoms with Gasteiger partial charge in [0.25, 0.3) is 0 Å². The number of piperazine rings is 1. The summed E-state index contributed by atoms with van der Waals surface area (Å²) in [6, 6.07) is 3.37. The van der Waals surface area contributed by atoms with Crippen LogP contribution in [0.1, 0.15) is 40.5 Å². The Morgan fingerprint density at radius 3 is 2.39 bits per heavy atom. The minimum atomic E-state index is -3.83. The van der Waals surface area contributed by atoms with Crippen molar-refractivity contribution in [1.29, 1.82) is 0 Å². The number of methoxy groups -OCH3 is 1. The standard InChI is InChI=1S/C24H36N6O5S/c1-17-13-20(34-4)14-18(2)22(17)36(32,33)28(3)16-21-26-27-23(35-21)24(31)30-11-9-29(10-12-30)15-19-5-7-25-8-6-19/h13-14,19,25H,5-12,15-16H2,1-4H3. The first-order valence-corrected chi connectivity index (χ1v) is 13.8. The third-order valence-electron chi connectivity index (χ3n) is 6.98. The summed E-state index contributed by atoms with van der Waals surface area (Å²) in [5.74, 6) is 0.948. The van der Waals surface area contributed by atoms with E-state index in [0.717, 1.165) is 37.0 Å². The van der Waals surface area contributed by atoms with Crippen molar-refractivity contribution in [3.05, 3.63) is 35.0 Å². The normalized spacial score (nSPS) is 18.1. The lowest BCUT2D eigenvalue weighted by Crippen LogP contribution is -2.50. The molecule has 1 aromatic heterocycles. The number of carbonyl (C=O) groups is 1. The second-order valence-corrected chi connectivity index (χ2v) is 11.6. The third kappa shape index (κ3) is 5.88. The van der Waals surface area contributed by atoms with E-state index in [1.165, 1.54) is 27.0 Å². The van der Waals surface area contributed by atoms with E-state index >= 15 is 0 Å². The number of nitrogens with one attached hydrogen (secondary N) is 1. The SMILES string of the molecule is COc1cc(C)c(S(=O)(=O)N(C)Cc2nnc(C(=O)N3CCN(CC4CCNCC4)CC3)o2)c(C)c1. The number of rotatable bonds is 8. The van der Waals surface area contributed by atoms with Gasteiger partial charge in [-0.1, -0.05) is 0 Å². The minimum absolute atomic E-state index is 0.0674. The van der Waals surface area contributed by atoms with E-state index in [4.69, 9.17) is 9.15 Å². The first-order valence-electron chi connectivity index (χ1n) is 12.4. The molecule has 0 bridgehead atoms. The van der Waals surface area contributed by atoms with Crippen LogP contribution in [-0.2, 0) is 16.6 Å². The molecule has 2 aliphatic rings. The van der Waals surface area contributed by atoms with E-state index in [1.807, 2.05) is 0 Å². The van der Waals surface area contributed by atoms with E-state index < -0.39 is 10.0 Å². The highest BCUT2D eigenvalue weighted by Crippen LogP contribution is 2.28. The summed E-state index contributed by atoms with van der Waals surface area (Å²) in [6.45, 7) is 9.39. The molecule has 2 aliphatic heterocycles. The lowest BCUT2D eigenvalue weighted by Gasteiger charge is -2.36. The largest absolute Gasteiger partial charge is 0.497 e. The molecule has 36 heavy (non-hydrogen) atoms. The van der Waals surface area contributed by atoms with Crippen molar-refractivity contribution in [2.24, 2.45) is 5.92 Å². The molecule has 1 amide bonds. The molecule has 1 N–H and O–H groups in total. The highest BCUT2D eigenvalue weighted by atomic mass is 32.2. The Kier molecular flexibility index (Phi) is 8.28. The maximum absolute atomic E-state index is 13.3. The van der Waals surface area contributed by atoms with Crippen molar-refractivity contribution in [3.63, 3.8) is 0 Å². The zero-order chi connectivity index (χ0) is 25.9. The Balaban J connectivity index is 1.35. The fourth-order valence-electron chi connectivity index (χ4n) is 4.97. The van der Waals surface area contributed by atoms with Crippen molar-refractivity contribution in [2.45, 2.75) is 38.1 Å². The number of amides is 1. The second-order valence-electron chi connectivity index (χ2n) is 9.64. The van der Waals surface area contributed by atoms with Crippen LogP contribution in [0, 0.1) is 19.8 Å². The fourth-order valence-corrected chi connectivity index (χ4v) is 6.49. The van der Waals surface area contributed by atoms with E-state index in [1.54, 1.807) is 30.9 Å². The molecule has 0 unspecified atom stereocenters. The van der Waals surface area contributed by atoms with E-state index in [9.17, 15) is 13.2 Å². The molecule has 3 heterocycles. The molecule has 0 radical (unpaired) electrons. The summed E-state index contributed by atoms with van der Waals surface area (Å²) < 4.78 is 38.5. The quantitative estimate of drug-likeness (QED) is 0.548. The first kappa shape index (κ1) is 26.5. The molecular formula is C24H36N6O5S. The number of aryl methyl sites for hydroxylation is 2. The lowest BCUT2D eigenvalue weighted by molar-refractivity contribution is 0.0569. The van der Waals surface area contributed by atoms with Crippen LogP contribution < -0.4 is 10.1 Å². The molecule has 4 rings (SSSR count). The van der Waals surface area contributed by atoms with Gasteiger partial charge < -0.3 is 19.4 Å². The van der Waals surface area contributed by atoms with Crippen LogP contribution in [0.25, 0.3) is 0 Å². The van der Waals surface area contributed by atoms with Crippen molar-refractivity contribution < 1.29 is 22.4 Å². The number of ether oxygens (including phenoxy) is 1. The van der Waals surface area contributed by atoms with Gasteiger partial charge in [-0.25, -0.2) is 8.42 Å². The summed E-state index contributed by atoms with van der Waals surface area (Å²) in [7, 11) is -0.838. The third-order valence-corrected chi connectivity index (χ3v) is 9.09. The molecule has 11 nitrogen and oxygen atoms in total. The van der Waals surface area contributed by atoms with Crippen molar-refractivity contribution in [3.8, 4) is 5.75 Å². The van der Waals surface area contributed by atoms with Gasteiger partial charge in [-0.15, -0.1) is 10.2 Å². The van der Waals surface area contributed by atoms with Gasteiger partial charge in [-0.05, 0) is 69.0 Å². The van der Waals surface area contributed by atoms with Crippen molar-refractivity contribution >= 4 is 15.9 Å². The van der Waals surface area contributed by atoms with Crippen LogP contribution >= 0.6 is 0 Å². The molecule has 0 saturated carbocycles. The lowest BCUT2D eigenvalue weighted by atomic mass is 9.97. The van der Waals surface area contributed by atoms with Gasteiger partial charge in [0.15, 0.2) is 0 Å². The second kappa shape index (κ2) is 11.2. The number of sulfonamides is 1. The van der Waals surface area contributed by atoms with Crippen LogP contribution in [0.3, 0.4) is 0 Å². The summed E-state index contributed by atoms with van der Waals surface area (Å²) in [4.78, 5) is 17.3. The fraction of sp³-hybridized carbons (Fsp3) is 0.625. The van der Waals surface area contributed by atoms with Gasteiger partial charge in [0.1, 0.15) is 5.75 Å². The zero-order valence-corrected chi connectivity index (χ0v) is 22.3. The molecule has 198 valence electrons. The highest BCUT2D eigenvalue weighted by Gasteiger charge is 2.30. The maximum atomic E-state index is 13.3. The molecule has 2 aromatic rings. The zero-order valence-electron chi connectivity index (χ0n) is 21.5. The van der Waals surface area contributed by atoms with Crippen LogP contribution in [0.2, 0.25) is 0 Å². The Hall–Kier alpha value is -2.54. The van der Waals surface area contributed by atoms with Crippen LogP contribution in [-0.4, -0.2) is 98.6 Å². The Labute approximate surface area is 212 Å². The summed E-state index contributed by atoms with van der Waals surface area (Å²) in [5.41, 5.74) is 1.17. The Morgan fingerprint density at radius 2 is 1.78 bits per heavy atom. The predicted molar refractivity (Wildman–Crippen MR) is 133 cm³/mol. The number of hydrogen-bond donors (Lipinski definition) is 1. The van der Waals surface area contributed by atoms with Crippen LogP contribution in [0.4, 0.5) is 0 Å². The summed E-state index contributed by atoms with van der Waals surface area (Å²) in [6.07, 6.45) is 2.40. The van der Waals surface area contributed by atoms with Crippen molar-refractivity contribution in [1.82, 2.24) is 29.6 Å². The van der Waals surface area contributed by atoms with Crippen molar-refractivity contribution in [2.75, 3.05) is 60.0 Å². The van der Waals surface area contributed by atoms with Gasteiger partial charge in [0.05, 0.1) is 18.6 Å².